The predicted molar refractivity (Wildman–Crippen MR) is 80.5 cm³/mol. The van der Waals surface area contributed by atoms with Crippen molar-refractivity contribution in [2.24, 2.45) is 4.99 Å². The van der Waals surface area contributed by atoms with Gasteiger partial charge < -0.3 is 4.90 Å². The Balaban J connectivity index is 2.11. The summed E-state index contributed by atoms with van der Waals surface area (Å²) in [6, 6.07) is 8.42. The molecule has 19 heavy (non-hydrogen) atoms. The Morgan fingerprint density at radius 2 is 2.00 bits per heavy atom. The standard InChI is InChI=1S/C15H19N3S/c1-4-17(5-2)14-10-19-15-12-8-6-7-9-13(12)16-11(3)18(14)15/h6-11H,4-5H2,1-3H3. The summed E-state index contributed by atoms with van der Waals surface area (Å²) in [7, 11) is 0. The summed E-state index contributed by atoms with van der Waals surface area (Å²) >= 11 is 1.82. The van der Waals surface area contributed by atoms with Crippen molar-refractivity contribution in [2.75, 3.05) is 13.1 Å². The molecule has 0 aromatic heterocycles. The molecule has 3 rings (SSSR count). The molecule has 4 heteroatoms. The molecule has 0 saturated heterocycles. The zero-order valence-electron chi connectivity index (χ0n) is 11.6. The highest BCUT2D eigenvalue weighted by Gasteiger charge is 2.31. The van der Waals surface area contributed by atoms with E-state index in [0.29, 0.717) is 0 Å². The summed E-state index contributed by atoms with van der Waals surface area (Å²) in [5.41, 5.74) is 0. The zero-order valence-corrected chi connectivity index (χ0v) is 12.4. The highest BCUT2D eigenvalue weighted by atomic mass is 32.2. The Morgan fingerprint density at radius 1 is 1.26 bits per heavy atom. The second kappa shape index (κ2) is 4.93. The average Bonchev–Trinajstić information content (AvgIpc) is 2.86. The molecule has 0 saturated carbocycles. The minimum Gasteiger partial charge on any atom is -0.358 e. The number of rotatable bonds is 3. The van der Waals surface area contributed by atoms with Crippen LogP contribution in [-0.4, -0.2) is 29.1 Å². The Labute approximate surface area is 118 Å². The molecular weight excluding hydrogens is 254 g/mol. The van der Waals surface area contributed by atoms with Crippen molar-refractivity contribution < 1.29 is 0 Å². The molecular formula is C15H19N3S. The van der Waals surface area contributed by atoms with Gasteiger partial charge in [0.05, 0.1) is 10.4 Å². The number of nitrogens with zero attached hydrogens (tertiary/aromatic N) is 3. The van der Waals surface area contributed by atoms with Crippen LogP contribution in [0.2, 0.25) is 0 Å². The largest absolute Gasteiger partial charge is 0.358 e. The smallest absolute Gasteiger partial charge is 0.125 e. The minimum absolute atomic E-state index is 0.173. The van der Waals surface area contributed by atoms with Crippen molar-refractivity contribution in [3.63, 3.8) is 0 Å². The third kappa shape index (κ3) is 1.94. The fraction of sp³-hybridized carbons (Fsp3) is 0.400. The number of thioether (sulfide) groups is 1. The number of hydrogen-bond donors (Lipinski definition) is 0. The first-order chi connectivity index (χ1) is 9.26. The average molecular weight is 273 g/mol. The molecule has 0 amide bonds. The maximum Gasteiger partial charge on any atom is 0.125 e. The predicted octanol–water partition coefficient (Wildman–Crippen LogP) is 1.92. The summed E-state index contributed by atoms with van der Waals surface area (Å²) in [6.07, 6.45) is 0.173. The molecule has 0 spiro atoms. The number of hydrogen-bond acceptors (Lipinski definition) is 4. The Bertz CT molecular complexity index is 631. The number of fused-ring (bicyclic) bond motifs is 2. The molecule has 1 unspecified atom stereocenters. The molecule has 0 fully saturated rings. The molecule has 0 N–H and O–H groups in total. The third-order valence-electron chi connectivity index (χ3n) is 3.66. The second-order valence-corrected chi connectivity index (χ2v) is 5.58. The van der Waals surface area contributed by atoms with Crippen LogP contribution >= 0.6 is 11.8 Å². The van der Waals surface area contributed by atoms with Gasteiger partial charge in [0.15, 0.2) is 0 Å². The normalized spacial score (nSPS) is 20.6. The van der Waals surface area contributed by atoms with E-state index in [-0.39, 0.29) is 6.17 Å². The topological polar surface area (TPSA) is 18.8 Å². The lowest BCUT2D eigenvalue weighted by Crippen LogP contribution is -2.44. The van der Waals surface area contributed by atoms with Gasteiger partial charge >= 0.3 is 0 Å². The quantitative estimate of drug-likeness (QED) is 0.838. The zero-order chi connectivity index (χ0) is 13.4. The summed E-state index contributed by atoms with van der Waals surface area (Å²) in [6.45, 7) is 8.63. The lowest BCUT2D eigenvalue weighted by atomic mass is 10.2. The fourth-order valence-electron chi connectivity index (χ4n) is 2.68. The van der Waals surface area contributed by atoms with E-state index in [0.717, 1.165) is 18.4 Å². The Hall–Kier alpha value is -1.42. The van der Waals surface area contributed by atoms with Gasteiger partial charge in [-0.15, -0.1) is 0 Å². The molecule has 2 heterocycles. The van der Waals surface area contributed by atoms with E-state index in [1.165, 1.54) is 16.1 Å². The molecule has 0 aliphatic carbocycles. The van der Waals surface area contributed by atoms with Crippen LogP contribution in [0.4, 0.5) is 0 Å². The number of para-hydroxylation sites is 1. The van der Waals surface area contributed by atoms with E-state index in [4.69, 9.17) is 4.99 Å². The van der Waals surface area contributed by atoms with Crippen molar-refractivity contribution in [3.8, 4) is 0 Å². The first-order valence-electron chi connectivity index (χ1n) is 6.84. The summed E-state index contributed by atoms with van der Waals surface area (Å²) in [4.78, 5) is 9.56. The molecule has 2 aliphatic heterocycles. The van der Waals surface area contributed by atoms with Crippen molar-refractivity contribution in [1.82, 2.24) is 9.80 Å². The molecule has 100 valence electrons. The van der Waals surface area contributed by atoms with E-state index in [9.17, 15) is 0 Å². The first kappa shape index (κ1) is 12.6. The second-order valence-electron chi connectivity index (χ2n) is 4.72. The van der Waals surface area contributed by atoms with Gasteiger partial charge in [0.2, 0.25) is 0 Å². The van der Waals surface area contributed by atoms with Crippen LogP contribution in [0.5, 0.6) is 0 Å². The molecule has 1 aromatic carbocycles. The van der Waals surface area contributed by atoms with Gasteiger partial charge in [0.25, 0.3) is 0 Å². The Morgan fingerprint density at radius 3 is 2.74 bits per heavy atom. The van der Waals surface area contributed by atoms with Crippen LogP contribution in [0.25, 0.3) is 5.03 Å². The summed E-state index contributed by atoms with van der Waals surface area (Å²) in [5.74, 6) is 1.29. The van der Waals surface area contributed by atoms with E-state index in [1.807, 2.05) is 11.8 Å². The van der Waals surface area contributed by atoms with E-state index in [2.05, 4.69) is 60.2 Å². The lowest BCUT2D eigenvalue weighted by Gasteiger charge is -2.35. The summed E-state index contributed by atoms with van der Waals surface area (Å²) < 4.78 is 0. The fourth-order valence-corrected chi connectivity index (χ4v) is 3.82. The van der Waals surface area contributed by atoms with Gasteiger partial charge in [-0.2, -0.15) is 0 Å². The van der Waals surface area contributed by atoms with Crippen LogP contribution < -0.4 is 10.6 Å². The van der Waals surface area contributed by atoms with Crippen LogP contribution in [0.15, 0.2) is 40.5 Å². The van der Waals surface area contributed by atoms with Crippen molar-refractivity contribution in [2.45, 2.75) is 26.9 Å². The van der Waals surface area contributed by atoms with Gasteiger partial charge in [-0.1, -0.05) is 30.0 Å². The maximum absolute atomic E-state index is 4.81. The molecule has 2 aliphatic rings. The van der Waals surface area contributed by atoms with Crippen molar-refractivity contribution in [1.29, 1.82) is 0 Å². The third-order valence-corrected chi connectivity index (χ3v) is 4.63. The van der Waals surface area contributed by atoms with E-state index >= 15 is 0 Å². The van der Waals surface area contributed by atoms with E-state index in [1.54, 1.807) is 0 Å². The monoisotopic (exact) mass is 273 g/mol. The van der Waals surface area contributed by atoms with Crippen LogP contribution in [-0.2, 0) is 0 Å². The first-order valence-corrected chi connectivity index (χ1v) is 7.72. The molecule has 0 bridgehead atoms. The lowest BCUT2D eigenvalue weighted by molar-refractivity contribution is 0.249. The molecule has 1 aromatic rings. The van der Waals surface area contributed by atoms with Crippen LogP contribution in [0, 0.1) is 0 Å². The van der Waals surface area contributed by atoms with Gasteiger partial charge in [-0.3, -0.25) is 9.89 Å². The molecule has 0 radical (unpaired) electrons. The molecule has 3 nitrogen and oxygen atoms in total. The van der Waals surface area contributed by atoms with Gasteiger partial charge in [-0.05, 0) is 26.8 Å². The van der Waals surface area contributed by atoms with Gasteiger partial charge in [-0.25, -0.2) is 0 Å². The SMILES string of the molecule is CCN(CC)C1=CSC2=c3ccccc3=NC(C)N12. The Kier molecular flexibility index (Phi) is 3.27. The molecule has 1 atom stereocenters. The van der Waals surface area contributed by atoms with Crippen molar-refractivity contribution in [3.05, 3.63) is 46.1 Å². The van der Waals surface area contributed by atoms with Crippen LogP contribution in [0.1, 0.15) is 20.8 Å². The summed E-state index contributed by atoms with van der Waals surface area (Å²) in [5, 5.41) is 5.95. The number of benzene rings is 1. The highest BCUT2D eigenvalue weighted by molar-refractivity contribution is 8.10. The highest BCUT2D eigenvalue weighted by Crippen LogP contribution is 2.38. The van der Waals surface area contributed by atoms with Gasteiger partial charge in [0.1, 0.15) is 12.0 Å². The van der Waals surface area contributed by atoms with Crippen LogP contribution in [0.3, 0.4) is 0 Å². The van der Waals surface area contributed by atoms with Gasteiger partial charge in [0, 0.05) is 23.7 Å². The minimum atomic E-state index is 0.173. The van der Waals surface area contributed by atoms with E-state index < -0.39 is 0 Å². The maximum atomic E-state index is 4.81. The van der Waals surface area contributed by atoms with Crippen molar-refractivity contribution >= 4 is 16.8 Å².